The van der Waals surface area contributed by atoms with Crippen molar-refractivity contribution in [3.8, 4) is 0 Å². The lowest BCUT2D eigenvalue weighted by Crippen LogP contribution is -2.11. The monoisotopic (exact) mass is 114 g/mol. The standard InChI is InChI=1S/C6H10O2/c1-7-6-2-3-8-5(6)4-6/h5H,2-4H2,1H3. The van der Waals surface area contributed by atoms with Gasteiger partial charge in [-0.1, -0.05) is 0 Å². The van der Waals surface area contributed by atoms with Gasteiger partial charge < -0.3 is 9.47 Å². The Morgan fingerprint density at radius 1 is 1.75 bits per heavy atom. The minimum Gasteiger partial charge on any atom is -0.375 e. The maximum atomic E-state index is 5.30. The summed E-state index contributed by atoms with van der Waals surface area (Å²) in [6, 6.07) is 0. The zero-order valence-electron chi connectivity index (χ0n) is 5.02. The molecule has 2 rings (SSSR count). The third-order valence-corrected chi connectivity index (χ3v) is 2.21. The van der Waals surface area contributed by atoms with E-state index in [1.54, 1.807) is 7.11 Å². The topological polar surface area (TPSA) is 18.5 Å². The third-order valence-electron chi connectivity index (χ3n) is 2.21. The summed E-state index contributed by atoms with van der Waals surface area (Å²) >= 11 is 0. The van der Waals surface area contributed by atoms with E-state index in [-0.39, 0.29) is 5.60 Å². The summed E-state index contributed by atoms with van der Waals surface area (Å²) in [4.78, 5) is 0. The first-order chi connectivity index (χ1) is 3.87. The van der Waals surface area contributed by atoms with E-state index in [0.717, 1.165) is 19.4 Å². The van der Waals surface area contributed by atoms with Crippen LogP contribution >= 0.6 is 0 Å². The SMILES string of the molecule is COC12CCOC1C2. The highest BCUT2D eigenvalue weighted by Gasteiger charge is 2.59. The zero-order chi connectivity index (χ0) is 5.61. The van der Waals surface area contributed by atoms with Crippen molar-refractivity contribution in [3.05, 3.63) is 0 Å². The van der Waals surface area contributed by atoms with Gasteiger partial charge in [-0.3, -0.25) is 0 Å². The summed E-state index contributed by atoms with van der Waals surface area (Å²) in [5.74, 6) is 0. The smallest absolute Gasteiger partial charge is 0.0987 e. The first-order valence-electron chi connectivity index (χ1n) is 3.04. The van der Waals surface area contributed by atoms with Gasteiger partial charge >= 0.3 is 0 Å². The lowest BCUT2D eigenvalue weighted by Gasteiger charge is -2.04. The molecule has 2 unspecified atom stereocenters. The molecule has 0 radical (unpaired) electrons. The molecule has 2 atom stereocenters. The molecule has 0 amide bonds. The maximum Gasteiger partial charge on any atom is 0.0987 e. The van der Waals surface area contributed by atoms with Crippen molar-refractivity contribution in [1.29, 1.82) is 0 Å². The molecule has 1 aliphatic carbocycles. The van der Waals surface area contributed by atoms with Crippen LogP contribution in [0.15, 0.2) is 0 Å². The molecular weight excluding hydrogens is 104 g/mol. The zero-order valence-corrected chi connectivity index (χ0v) is 5.02. The Kier molecular flexibility index (Phi) is 0.746. The summed E-state index contributed by atoms with van der Waals surface area (Å²) in [7, 11) is 1.77. The fourth-order valence-corrected chi connectivity index (χ4v) is 1.42. The average Bonchev–Trinajstić information content (AvgIpc) is 2.38. The quantitative estimate of drug-likeness (QED) is 0.496. The van der Waals surface area contributed by atoms with Crippen LogP contribution in [0.1, 0.15) is 12.8 Å². The Balaban J connectivity index is 2.08. The number of hydrogen-bond acceptors (Lipinski definition) is 2. The largest absolute Gasteiger partial charge is 0.375 e. The highest BCUT2D eigenvalue weighted by molar-refractivity contribution is 5.10. The van der Waals surface area contributed by atoms with Gasteiger partial charge in [-0.15, -0.1) is 0 Å². The van der Waals surface area contributed by atoms with Gasteiger partial charge in [-0.25, -0.2) is 0 Å². The van der Waals surface area contributed by atoms with Crippen LogP contribution in [0.4, 0.5) is 0 Å². The van der Waals surface area contributed by atoms with Crippen LogP contribution in [0.2, 0.25) is 0 Å². The first-order valence-corrected chi connectivity index (χ1v) is 3.04. The molecule has 0 aromatic carbocycles. The van der Waals surface area contributed by atoms with Crippen molar-refractivity contribution in [3.63, 3.8) is 0 Å². The summed E-state index contributed by atoms with van der Waals surface area (Å²) in [5, 5.41) is 0. The van der Waals surface area contributed by atoms with E-state index in [1.165, 1.54) is 0 Å². The summed E-state index contributed by atoms with van der Waals surface area (Å²) in [5.41, 5.74) is 0.181. The van der Waals surface area contributed by atoms with Gasteiger partial charge in [0.2, 0.25) is 0 Å². The third kappa shape index (κ3) is 0.400. The highest BCUT2D eigenvalue weighted by Crippen LogP contribution is 2.49. The van der Waals surface area contributed by atoms with Gasteiger partial charge in [0.05, 0.1) is 11.7 Å². The number of fused-ring (bicyclic) bond motifs is 1. The maximum absolute atomic E-state index is 5.30. The molecule has 1 heterocycles. The van der Waals surface area contributed by atoms with Gasteiger partial charge in [0.15, 0.2) is 0 Å². The molecule has 8 heavy (non-hydrogen) atoms. The van der Waals surface area contributed by atoms with Crippen LogP contribution in [0.25, 0.3) is 0 Å². The van der Waals surface area contributed by atoms with E-state index in [4.69, 9.17) is 9.47 Å². The summed E-state index contributed by atoms with van der Waals surface area (Å²) < 4.78 is 10.5. The Morgan fingerprint density at radius 2 is 2.62 bits per heavy atom. The molecule has 0 aromatic rings. The predicted octanol–water partition coefficient (Wildman–Crippen LogP) is 0.564. The van der Waals surface area contributed by atoms with Crippen LogP contribution in [-0.4, -0.2) is 25.4 Å². The van der Waals surface area contributed by atoms with Gasteiger partial charge in [-0.2, -0.15) is 0 Å². The molecule has 2 fully saturated rings. The van der Waals surface area contributed by atoms with E-state index >= 15 is 0 Å². The molecule has 1 aliphatic heterocycles. The molecule has 0 aromatic heterocycles. The first kappa shape index (κ1) is 4.77. The van der Waals surface area contributed by atoms with Crippen LogP contribution in [-0.2, 0) is 9.47 Å². The molecular formula is C6H10O2. The Bertz CT molecular complexity index is 109. The molecule has 0 bridgehead atoms. The van der Waals surface area contributed by atoms with Crippen LogP contribution in [0.5, 0.6) is 0 Å². The van der Waals surface area contributed by atoms with Crippen molar-refractivity contribution < 1.29 is 9.47 Å². The molecule has 1 saturated heterocycles. The second kappa shape index (κ2) is 1.25. The number of ether oxygens (including phenoxy) is 2. The molecule has 2 nitrogen and oxygen atoms in total. The van der Waals surface area contributed by atoms with Crippen LogP contribution in [0, 0.1) is 0 Å². The number of methoxy groups -OCH3 is 1. The Labute approximate surface area is 48.8 Å². The minimum absolute atomic E-state index is 0.181. The number of rotatable bonds is 1. The average molecular weight is 114 g/mol. The Morgan fingerprint density at radius 3 is 2.88 bits per heavy atom. The summed E-state index contributed by atoms with van der Waals surface area (Å²) in [6.07, 6.45) is 2.69. The molecule has 2 aliphatic rings. The van der Waals surface area contributed by atoms with Crippen LogP contribution < -0.4 is 0 Å². The van der Waals surface area contributed by atoms with Gasteiger partial charge in [0, 0.05) is 26.6 Å². The molecule has 0 N–H and O–H groups in total. The number of hydrogen-bond donors (Lipinski definition) is 0. The van der Waals surface area contributed by atoms with E-state index in [1.807, 2.05) is 0 Å². The minimum atomic E-state index is 0.181. The predicted molar refractivity (Wildman–Crippen MR) is 28.7 cm³/mol. The van der Waals surface area contributed by atoms with Crippen molar-refractivity contribution in [2.75, 3.05) is 13.7 Å². The summed E-state index contributed by atoms with van der Waals surface area (Å²) in [6.45, 7) is 0.901. The highest BCUT2D eigenvalue weighted by atomic mass is 16.6. The van der Waals surface area contributed by atoms with E-state index in [9.17, 15) is 0 Å². The van der Waals surface area contributed by atoms with Gasteiger partial charge in [0.25, 0.3) is 0 Å². The van der Waals surface area contributed by atoms with Crippen molar-refractivity contribution in [2.45, 2.75) is 24.5 Å². The van der Waals surface area contributed by atoms with E-state index < -0.39 is 0 Å². The fourth-order valence-electron chi connectivity index (χ4n) is 1.42. The molecule has 0 spiro atoms. The Hall–Kier alpha value is -0.0800. The lowest BCUT2D eigenvalue weighted by atomic mass is 10.3. The van der Waals surface area contributed by atoms with Crippen molar-refractivity contribution in [2.24, 2.45) is 0 Å². The second-order valence-electron chi connectivity index (χ2n) is 2.58. The fraction of sp³-hybridized carbons (Fsp3) is 1.00. The lowest BCUT2D eigenvalue weighted by molar-refractivity contribution is 0.0714. The van der Waals surface area contributed by atoms with E-state index in [2.05, 4.69) is 0 Å². The van der Waals surface area contributed by atoms with Gasteiger partial charge in [-0.05, 0) is 0 Å². The normalized spacial score (nSPS) is 51.4. The van der Waals surface area contributed by atoms with Crippen molar-refractivity contribution >= 4 is 0 Å². The molecule has 46 valence electrons. The van der Waals surface area contributed by atoms with E-state index in [0.29, 0.717) is 6.10 Å². The van der Waals surface area contributed by atoms with Crippen LogP contribution in [0.3, 0.4) is 0 Å². The molecule has 2 heteroatoms. The molecule has 1 saturated carbocycles. The van der Waals surface area contributed by atoms with Gasteiger partial charge in [0.1, 0.15) is 0 Å². The van der Waals surface area contributed by atoms with Crippen molar-refractivity contribution in [1.82, 2.24) is 0 Å². The second-order valence-corrected chi connectivity index (χ2v) is 2.58.